The number of aryl methyl sites for hydroxylation is 1. The molecule has 1 aliphatic heterocycles. The second-order valence-electron chi connectivity index (χ2n) is 4.47. The molecule has 1 amide bonds. The maximum Gasteiger partial charge on any atom is 0.253 e. The second-order valence-corrected chi connectivity index (χ2v) is 4.47. The van der Waals surface area contributed by atoms with Gasteiger partial charge in [-0.05, 0) is 42.6 Å². The molecule has 1 aromatic rings. The fourth-order valence-corrected chi connectivity index (χ4v) is 2.01. The summed E-state index contributed by atoms with van der Waals surface area (Å²) in [5.74, 6) is -0.239. The van der Waals surface area contributed by atoms with Crippen molar-refractivity contribution in [2.75, 3.05) is 13.2 Å². The maximum atomic E-state index is 12.1. The third kappa shape index (κ3) is 2.92. The molecule has 0 aromatic heterocycles. The van der Waals surface area contributed by atoms with Crippen LogP contribution in [0.2, 0.25) is 0 Å². The quantitative estimate of drug-likeness (QED) is 0.834. The second kappa shape index (κ2) is 5.73. The van der Waals surface area contributed by atoms with E-state index in [4.69, 9.17) is 4.74 Å². The van der Waals surface area contributed by atoms with E-state index in [-0.39, 0.29) is 17.6 Å². The van der Waals surface area contributed by atoms with Crippen LogP contribution in [0, 0.1) is 11.8 Å². The number of rotatable bonds is 3. The Morgan fingerprint density at radius 2 is 2.11 bits per heavy atom. The van der Waals surface area contributed by atoms with Gasteiger partial charge in [0.2, 0.25) is 0 Å². The van der Waals surface area contributed by atoms with Crippen molar-refractivity contribution < 1.29 is 9.53 Å². The average molecular weight is 248 g/mol. The van der Waals surface area contributed by atoms with Gasteiger partial charge in [-0.3, -0.25) is 4.79 Å². The summed E-state index contributed by atoms with van der Waals surface area (Å²) in [6, 6.07) is 5.17. The van der Waals surface area contributed by atoms with Crippen LogP contribution in [0.3, 0.4) is 0 Å². The highest BCUT2D eigenvalue weighted by atomic mass is 16.5. The van der Waals surface area contributed by atoms with E-state index < -0.39 is 0 Å². The van der Waals surface area contributed by atoms with Gasteiger partial charge in [0.25, 0.3) is 5.91 Å². The molecule has 0 saturated carbocycles. The summed E-state index contributed by atoms with van der Waals surface area (Å²) < 4.78 is 5.23. The maximum absolute atomic E-state index is 12.1. The van der Waals surface area contributed by atoms with Crippen LogP contribution in [0.1, 0.15) is 28.8 Å². The highest BCUT2D eigenvalue weighted by molar-refractivity contribution is 5.99. The Morgan fingerprint density at radius 3 is 2.78 bits per heavy atom. The molecule has 0 bridgehead atoms. The van der Waals surface area contributed by atoms with Gasteiger partial charge in [0, 0.05) is 19.3 Å². The van der Waals surface area contributed by atoms with Crippen molar-refractivity contribution >= 4 is 11.6 Å². The van der Waals surface area contributed by atoms with Crippen molar-refractivity contribution in [2.45, 2.75) is 25.8 Å². The third-order valence-electron chi connectivity index (χ3n) is 3.05. The first-order chi connectivity index (χ1) is 8.70. The highest BCUT2D eigenvalue weighted by Gasteiger charge is 2.19. The molecular weight excluding hydrogens is 232 g/mol. The Hall–Kier alpha value is -1.75. The molecule has 1 aromatic carbocycles. The van der Waals surface area contributed by atoms with E-state index in [9.17, 15) is 9.70 Å². The first-order valence-electron chi connectivity index (χ1n) is 6.03. The highest BCUT2D eigenvalue weighted by Crippen LogP contribution is 2.21. The predicted molar refractivity (Wildman–Crippen MR) is 67.9 cm³/mol. The molecule has 96 valence electrons. The number of carbonyl (C=O) groups is 1. The van der Waals surface area contributed by atoms with Gasteiger partial charge >= 0.3 is 0 Å². The fourth-order valence-electron chi connectivity index (χ4n) is 2.01. The van der Waals surface area contributed by atoms with Gasteiger partial charge in [-0.2, -0.15) is 0 Å². The molecule has 0 spiro atoms. The van der Waals surface area contributed by atoms with Crippen molar-refractivity contribution in [1.82, 2.24) is 5.32 Å². The fraction of sp³-hybridized carbons (Fsp3) is 0.462. The molecule has 1 fully saturated rings. The molecule has 1 aliphatic rings. The van der Waals surface area contributed by atoms with Crippen molar-refractivity contribution in [3.8, 4) is 0 Å². The Labute approximate surface area is 105 Å². The van der Waals surface area contributed by atoms with Crippen molar-refractivity contribution in [2.24, 2.45) is 5.18 Å². The van der Waals surface area contributed by atoms with E-state index in [0.29, 0.717) is 18.8 Å². The third-order valence-corrected chi connectivity index (χ3v) is 3.05. The summed E-state index contributed by atoms with van der Waals surface area (Å²) in [6.45, 7) is 3.18. The zero-order valence-corrected chi connectivity index (χ0v) is 10.3. The van der Waals surface area contributed by atoms with Gasteiger partial charge in [-0.25, -0.2) is 0 Å². The standard InChI is InChI=1S/C13H16N2O3/c1-9-2-3-11(12(8-9)15-17)13(16)14-10-4-6-18-7-5-10/h2-3,8,10H,4-7H2,1H3,(H,14,16). The summed E-state index contributed by atoms with van der Waals surface area (Å²) in [5.41, 5.74) is 1.44. The van der Waals surface area contributed by atoms with E-state index in [2.05, 4.69) is 10.5 Å². The summed E-state index contributed by atoms with van der Waals surface area (Å²) in [5, 5.41) is 5.82. The van der Waals surface area contributed by atoms with Crippen LogP contribution >= 0.6 is 0 Å². The number of hydrogen-bond donors (Lipinski definition) is 1. The summed E-state index contributed by atoms with van der Waals surface area (Å²) >= 11 is 0. The number of hydrogen-bond acceptors (Lipinski definition) is 4. The molecular formula is C13H16N2O3. The molecule has 0 aliphatic carbocycles. The number of carbonyl (C=O) groups excluding carboxylic acids is 1. The molecule has 5 nitrogen and oxygen atoms in total. The number of amides is 1. The minimum absolute atomic E-state index is 0.118. The van der Waals surface area contributed by atoms with Gasteiger partial charge in [0.05, 0.1) is 5.56 Å². The van der Waals surface area contributed by atoms with Crippen LogP contribution in [0.5, 0.6) is 0 Å². The van der Waals surface area contributed by atoms with Crippen LogP contribution in [-0.4, -0.2) is 25.2 Å². The molecule has 0 atom stereocenters. The smallest absolute Gasteiger partial charge is 0.253 e. The molecule has 1 saturated heterocycles. The lowest BCUT2D eigenvalue weighted by molar-refractivity contribution is 0.0697. The lowest BCUT2D eigenvalue weighted by Gasteiger charge is -2.23. The zero-order valence-electron chi connectivity index (χ0n) is 10.3. The summed E-state index contributed by atoms with van der Waals surface area (Å²) in [6.07, 6.45) is 1.61. The number of nitrogens with one attached hydrogen (secondary N) is 1. The van der Waals surface area contributed by atoms with Gasteiger partial charge in [-0.1, -0.05) is 6.07 Å². The Balaban J connectivity index is 2.10. The van der Waals surface area contributed by atoms with Gasteiger partial charge in [0.15, 0.2) is 0 Å². The van der Waals surface area contributed by atoms with Crippen molar-refractivity contribution in [3.05, 3.63) is 34.2 Å². The number of nitrogens with zero attached hydrogens (tertiary/aromatic N) is 1. The topological polar surface area (TPSA) is 67.8 Å². The molecule has 18 heavy (non-hydrogen) atoms. The predicted octanol–water partition coefficient (Wildman–Crippen LogP) is 2.30. The number of nitroso groups, excluding NO2 is 1. The number of ether oxygens (including phenoxy) is 1. The van der Waals surface area contributed by atoms with E-state index >= 15 is 0 Å². The monoisotopic (exact) mass is 248 g/mol. The Kier molecular flexibility index (Phi) is 4.04. The van der Waals surface area contributed by atoms with Gasteiger partial charge < -0.3 is 10.1 Å². The largest absolute Gasteiger partial charge is 0.381 e. The normalized spacial score (nSPS) is 16.3. The van der Waals surface area contributed by atoms with E-state index in [1.807, 2.05) is 6.92 Å². The van der Waals surface area contributed by atoms with E-state index in [1.54, 1.807) is 18.2 Å². The summed E-state index contributed by atoms with van der Waals surface area (Å²) in [4.78, 5) is 22.8. The van der Waals surface area contributed by atoms with Crippen molar-refractivity contribution in [1.29, 1.82) is 0 Å². The number of benzene rings is 1. The van der Waals surface area contributed by atoms with E-state index in [0.717, 1.165) is 18.4 Å². The lowest BCUT2D eigenvalue weighted by Crippen LogP contribution is -2.38. The van der Waals surface area contributed by atoms with E-state index in [1.165, 1.54) is 0 Å². The first kappa shape index (κ1) is 12.7. The minimum atomic E-state index is -0.239. The van der Waals surface area contributed by atoms with Crippen LogP contribution < -0.4 is 5.32 Å². The van der Waals surface area contributed by atoms with Gasteiger partial charge in [0.1, 0.15) is 5.69 Å². The molecule has 0 unspecified atom stereocenters. The van der Waals surface area contributed by atoms with Gasteiger partial charge in [-0.15, -0.1) is 4.91 Å². The van der Waals surface area contributed by atoms with Crippen LogP contribution in [0.25, 0.3) is 0 Å². The van der Waals surface area contributed by atoms with Crippen LogP contribution in [0.4, 0.5) is 5.69 Å². The molecule has 0 radical (unpaired) electrons. The van der Waals surface area contributed by atoms with Crippen molar-refractivity contribution in [3.63, 3.8) is 0 Å². The Bertz CT molecular complexity index is 454. The molecule has 1 N–H and O–H groups in total. The van der Waals surface area contributed by atoms with Crippen LogP contribution in [0.15, 0.2) is 23.4 Å². The summed E-state index contributed by atoms with van der Waals surface area (Å²) in [7, 11) is 0. The van der Waals surface area contributed by atoms with Crippen LogP contribution in [-0.2, 0) is 4.74 Å². The SMILES string of the molecule is Cc1ccc(C(=O)NC2CCOCC2)c(N=O)c1. The molecule has 1 heterocycles. The lowest BCUT2D eigenvalue weighted by atomic mass is 10.1. The molecule has 5 heteroatoms. The zero-order chi connectivity index (χ0) is 13.0. The average Bonchev–Trinajstić information content (AvgIpc) is 2.39. The Morgan fingerprint density at radius 1 is 1.39 bits per heavy atom. The first-order valence-corrected chi connectivity index (χ1v) is 6.03. The minimum Gasteiger partial charge on any atom is -0.381 e. The molecule has 2 rings (SSSR count).